The van der Waals surface area contributed by atoms with Crippen LogP contribution in [0.1, 0.15) is 18.7 Å². The van der Waals surface area contributed by atoms with Gasteiger partial charge in [-0.05, 0) is 13.0 Å². The number of aromatic nitrogens is 1. The summed E-state index contributed by atoms with van der Waals surface area (Å²) in [6, 6.07) is 2.76. The van der Waals surface area contributed by atoms with Crippen LogP contribution in [0.3, 0.4) is 0 Å². The zero-order chi connectivity index (χ0) is 9.14. The van der Waals surface area contributed by atoms with E-state index in [1.807, 2.05) is 0 Å². The SMILES string of the molecule is C[C@@H](N)c1ccc([N+](=O)[O-])cn1. The van der Waals surface area contributed by atoms with E-state index in [4.69, 9.17) is 5.73 Å². The van der Waals surface area contributed by atoms with E-state index >= 15 is 0 Å². The highest BCUT2D eigenvalue weighted by molar-refractivity contribution is 5.27. The first-order chi connectivity index (χ1) is 5.61. The van der Waals surface area contributed by atoms with Crippen molar-refractivity contribution in [3.8, 4) is 0 Å². The Bertz CT molecular complexity index is 281. The Morgan fingerprint density at radius 2 is 2.33 bits per heavy atom. The largest absolute Gasteiger partial charge is 0.323 e. The summed E-state index contributed by atoms with van der Waals surface area (Å²) in [4.78, 5) is 13.6. The summed E-state index contributed by atoms with van der Waals surface area (Å²) >= 11 is 0. The van der Waals surface area contributed by atoms with Crippen LogP contribution >= 0.6 is 0 Å². The molecule has 0 aromatic carbocycles. The van der Waals surface area contributed by atoms with Gasteiger partial charge in [-0.15, -0.1) is 0 Å². The molecule has 5 nitrogen and oxygen atoms in total. The minimum atomic E-state index is -0.488. The molecular formula is C7H9N3O2. The molecule has 0 unspecified atom stereocenters. The molecule has 64 valence electrons. The van der Waals surface area contributed by atoms with Crippen molar-refractivity contribution in [3.05, 3.63) is 34.1 Å². The first-order valence-corrected chi connectivity index (χ1v) is 3.47. The highest BCUT2D eigenvalue weighted by Gasteiger charge is 2.06. The van der Waals surface area contributed by atoms with E-state index in [0.717, 1.165) is 0 Å². The quantitative estimate of drug-likeness (QED) is 0.526. The van der Waals surface area contributed by atoms with Crippen molar-refractivity contribution in [2.45, 2.75) is 13.0 Å². The van der Waals surface area contributed by atoms with Crippen LogP contribution < -0.4 is 5.73 Å². The average molecular weight is 167 g/mol. The van der Waals surface area contributed by atoms with Gasteiger partial charge in [0.2, 0.25) is 0 Å². The Labute approximate surface area is 69.4 Å². The van der Waals surface area contributed by atoms with Crippen molar-refractivity contribution in [2.75, 3.05) is 0 Å². The van der Waals surface area contributed by atoms with Gasteiger partial charge < -0.3 is 5.73 Å². The number of nitrogens with two attached hydrogens (primary N) is 1. The van der Waals surface area contributed by atoms with Crippen LogP contribution in [-0.4, -0.2) is 9.91 Å². The van der Waals surface area contributed by atoms with Crippen molar-refractivity contribution >= 4 is 5.69 Å². The van der Waals surface area contributed by atoms with Gasteiger partial charge in [-0.25, -0.2) is 0 Å². The standard InChI is InChI=1S/C7H9N3O2/c1-5(8)7-3-2-6(4-9-7)10(11)12/h2-5H,8H2,1H3/t5-/m1/s1. The lowest BCUT2D eigenvalue weighted by molar-refractivity contribution is -0.385. The predicted octanol–water partition coefficient (Wildman–Crippen LogP) is 1.01. The van der Waals surface area contributed by atoms with E-state index in [1.165, 1.54) is 12.3 Å². The molecule has 0 saturated carbocycles. The van der Waals surface area contributed by atoms with E-state index < -0.39 is 4.92 Å². The minimum absolute atomic E-state index is 0.0144. The van der Waals surface area contributed by atoms with E-state index in [1.54, 1.807) is 13.0 Å². The lowest BCUT2D eigenvalue weighted by Gasteiger charge is -2.01. The Morgan fingerprint density at radius 1 is 1.67 bits per heavy atom. The molecule has 5 heteroatoms. The molecule has 0 aliphatic rings. The molecule has 1 atom stereocenters. The Balaban J connectivity index is 2.93. The summed E-state index contributed by atoms with van der Waals surface area (Å²) in [7, 11) is 0. The Morgan fingerprint density at radius 3 is 2.67 bits per heavy atom. The lowest BCUT2D eigenvalue weighted by atomic mass is 10.2. The van der Waals surface area contributed by atoms with Gasteiger partial charge in [0.05, 0.1) is 10.6 Å². The van der Waals surface area contributed by atoms with Crippen LogP contribution in [0.2, 0.25) is 0 Å². The van der Waals surface area contributed by atoms with Crippen LogP contribution in [0.15, 0.2) is 18.3 Å². The summed E-state index contributed by atoms with van der Waals surface area (Å²) in [6.45, 7) is 1.77. The zero-order valence-electron chi connectivity index (χ0n) is 6.60. The number of nitro groups is 1. The molecule has 1 aromatic rings. The van der Waals surface area contributed by atoms with Crippen LogP contribution in [0.4, 0.5) is 5.69 Å². The Hall–Kier alpha value is -1.49. The maximum absolute atomic E-state index is 10.2. The van der Waals surface area contributed by atoms with Crippen LogP contribution in [0.25, 0.3) is 0 Å². The molecule has 0 bridgehead atoms. The van der Waals surface area contributed by atoms with Crippen molar-refractivity contribution < 1.29 is 4.92 Å². The summed E-state index contributed by atoms with van der Waals surface area (Å²) in [6.07, 6.45) is 1.21. The maximum atomic E-state index is 10.2. The molecule has 0 saturated heterocycles. The van der Waals surface area contributed by atoms with Crippen molar-refractivity contribution in [3.63, 3.8) is 0 Å². The second-order valence-corrected chi connectivity index (χ2v) is 2.49. The van der Waals surface area contributed by atoms with Crippen LogP contribution in [0, 0.1) is 10.1 Å². The van der Waals surface area contributed by atoms with E-state index in [-0.39, 0.29) is 11.7 Å². The monoisotopic (exact) mass is 167 g/mol. The van der Waals surface area contributed by atoms with Crippen molar-refractivity contribution in [1.29, 1.82) is 0 Å². The fourth-order valence-corrected chi connectivity index (χ4v) is 0.775. The van der Waals surface area contributed by atoms with Crippen LogP contribution in [-0.2, 0) is 0 Å². The van der Waals surface area contributed by atoms with Crippen molar-refractivity contribution in [1.82, 2.24) is 4.98 Å². The second kappa shape index (κ2) is 3.27. The van der Waals surface area contributed by atoms with Gasteiger partial charge in [0, 0.05) is 12.1 Å². The molecule has 0 fully saturated rings. The number of pyridine rings is 1. The summed E-state index contributed by atoms with van der Waals surface area (Å²) in [5.41, 5.74) is 6.15. The molecule has 0 spiro atoms. The van der Waals surface area contributed by atoms with E-state index in [0.29, 0.717) is 5.69 Å². The third-order valence-corrected chi connectivity index (χ3v) is 1.45. The Kier molecular flexibility index (Phi) is 2.35. The minimum Gasteiger partial charge on any atom is -0.323 e. The third-order valence-electron chi connectivity index (χ3n) is 1.45. The first kappa shape index (κ1) is 8.61. The molecule has 0 aliphatic carbocycles. The summed E-state index contributed by atoms with van der Waals surface area (Å²) in [5.74, 6) is 0. The number of hydrogen-bond donors (Lipinski definition) is 1. The zero-order valence-corrected chi connectivity index (χ0v) is 6.60. The molecule has 1 heterocycles. The average Bonchev–Trinajstić information content (AvgIpc) is 2.04. The third kappa shape index (κ3) is 1.76. The van der Waals surface area contributed by atoms with Gasteiger partial charge in [-0.1, -0.05) is 0 Å². The normalized spacial score (nSPS) is 12.5. The lowest BCUT2D eigenvalue weighted by Crippen LogP contribution is -2.06. The molecule has 0 amide bonds. The molecule has 0 aliphatic heterocycles. The highest BCUT2D eigenvalue weighted by Crippen LogP contribution is 2.11. The molecule has 1 aromatic heterocycles. The smallest absolute Gasteiger partial charge is 0.287 e. The fourth-order valence-electron chi connectivity index (χ4n) is 0.775. The second-order valence-electron chi connectivity index (χ2n) is 2.49. The van der Waals surface area contributed by atoms with Gasteiger partial charge in [0.25, 0.3) is 5.69 Å². The topological polar surface area (TPSA) is 82.0 Å². The molecule has 12 heavy (non-hydrogen) atoms. The molecule has 2 N–H and O–H groups in total. The maximum Gasteiger partial charge on any atom is 0.287 e. The number of rotatable bonds is 2. The molecule has 1 rings (SSSR count). The summed E-state index contributed by atoms with van der Waals surface area (Å²) < 4.78 is 0. The first-order valence-electron chi connectivity index (χ1n) is 3.47. The summed E-state index contributed by atoms with van der Waals surface area (Å²) in [5, 5.41) is 10.2. The van der Waals surface area contributed by atoms with Gasteiger partial charge >= 0.3 is 0 Å². The van der Waals surface area contributed by atoms with Gasteiger partial charge in [0.15, 0.2) is 0 Å². The van der Waals surface area contributed by atoms with Gasteiger partial charge in [-0.2, -0.15) is 0 Å². The number of nitrogens with zero attached hydrogens (tertiary/aromatic N) is 2. The van der Waals surface area contributed by atoms with E-state index in [9.17, 15) is 10.1 Å². The van der Waals surface area contributed by atoms with Gasteiger partial charge in [0.1, 0.15) is 6.20 Å². The van der Waals surface area contributed by atoms with Crippen LogP contribution in [0.5, 0.6) is 0 Å². The molecule has 0 radical (unpaired) electrons. The highest BCUT2D eigenvalue weighted by atomic mass is 16.6. The molecular weight excluding hydrogens is 158 g/mol. The van der Waals surface area contributed by atoms with Crippen molar-refractivity contribution in [2.24, 2.45) is 5.73 Å². The predicted molar refractivity (Wildman–Crippen MR) is 43.5 cm³/mol. The number of hydrogen-bond acceptors (Lipinski definition) is 4. The van der Waals surface area contributed by atoms with E-state index in [2.05, 4.69) is 4.98 Å². The fraction of sp³-hybridized carbons (Fsp3) is 0.286. The van der Waals surface area contributed by atoms with Gasteiger partial charge in [-0.3, -0.25) is 15.1 Å².